The maximum atomic E-state index is 12.6. The van der Waals surface area contributed by atoms with Crippen LogP contribution in [0, 0.1) is 6.92 Å². The Morgan fingerprint density at radius 3 is 2.72 bits per heavy atom. The fourth-order valence-corrected chi connectivity index (χ4v) is 2.78. The van der Waals surface area contributed by atoms with Crippen molar-refractivity contribution >= 4 is 18.1 Å². The Balaban J connectivity index is 1.63. The molecule has 1 saturated heterocycles. The average Bonchev–Trinajstić information content (AvgIpc) is 2.66. The molecule has 0 atom stereocenters. The summed E-state index contributed by atoms with van der Waals surface area (Å²) in [6.45, 7) is 4.83. The molecule has 1 aliphatic heterocycles. The lowest BCUT2D eigenvalue weighted by molar-refractivity contribution is -0.119. The maximum absolute atomic E-state index is 12.6. The molecule has 25 heavy (non-hydrogen) atoms. The number of carbonyl (C=O) groups is 2. The smallest absolute Gasteiger partial charge is 0.272 e. The minimum atomic E-state index is -0.133. The molecule has 3 rings (SSSR count). The highest BCUT2D eigenvalue weighted by atomic mass is 16.2. The van der Waals surface area contributed by atoms with Gasteiger partial charge in [-0.2, -0.15) is 0 Å². The van der Waals surface area contributed by atoms with Gasteiger partial charge in [0.05, 0.1) is 0 Å². The summed E-state index contributed by atoms with van der Waals surface area (Å²) >= 11 is 0. The van der Waals surface area contributed by atoms with Crippen molar-refractivity contribution in [3.63, 3.8) is 0 Å². The van der Waals surface area contributed by atoms with Crippen LogP contribution in [0.3, 0.4) is 0 Å². The molecule has 7 nitrogen and oxygen atoms in total. The minimum Gasteiger partial charge on any atom is -0.366 e. The van der Waals surface area contributed by atoms with Gasteiger partial charge >= 0.3 is 0 Å². The number of piperazine rings is 1. The summed E-state index contributed by atoms with van der Waals surface area (Å²) in [5, 5.41) is 3.23. The number of amides is 2. The second-order valence-electron chi connectivity index (χ2n) is 6.06. The zero-order valence-corrected chi connectivity index (χ0v) is 14.2. The van der Waals surface area contributed by atoms with Gasteiger partial charge in [-0.25, -0.2) is 9.97 Å². The number of carbonyl (C=O) groups excluding carboxylic acids is 2. The third kappa shape index (κ3) is 4.32. The van der Waals surface area contributed by atoms with Crippen LogP contribution < -0.4 is 5.32 Å². The molecule has 1 N–H and O–H groups in total. The molecule has 2 aromatic rings. The van der Waals surface area contributed by atoms with E-state index in [0.29, 0.717) is 44.2 Å². The summed E-state index contributed by atoms with van der Waals surface area (Å²) in [5.74, 6) is 0.484. The van der Waals surface area contributed by atoms with Gasteiger partial charge in [-0.1, -0.05) is 29.8 Å². The molecule has 1 aromatic carbocycles. The van der Waals surface area contributed by atoms with Crippen molar-refractivity contribution in [2.75, 3.05) is 31.5 Å². The molecule has 7 heteroatoms. The van der Waals surface area contributed by atoms with Crippen LogP contribution in [0.25, 0.3) is 0 Å². The first kappa shape index (κ1) is 16.9. The zero-order chi connectivity index (χ0) is 17.6. The maximum Gasteiger partial charge on any atom is 0.272 e. The van der Waals surface area contributed by atoms with E-state index in [1.165, 1.54) is 11.9 Å². The summed E-state index contributed by atoms with van der Waals surface area (Å²) < 4.78 is 0. The van der Waals surface area contributed by atoms with Gasteiger partial charge in [0.15, 0.2) is 0 Å². The Hall–Kier alpha value is -2.96. The van der Waals surface area contributed by atoms with Crippen molar-refractivity contribution in [1.82, 2.24) is 19.8 Å². The highest BCUT2D eigenvalue weighted by molar-refractivity contribution is 5.93. The molecular weight excluding hydrogens is 318 g/mol. The quantitative estimate of drug-likeness (QED) is 0.831. The van der Waals surface area contributed by atoms with Crippen LogP contribution in [-0.4, -0.2) is 58.3 Å². The van der Waals surface area contributed by atoms with Crippen LogP contribution in [-0.2, 0) is 11.3 Å². The van der Waals surface area contributed by atoms with Crippen LogP contribution in [0.4, 0.5) is 5.82 Å². The van der Waals surface area contributed by atoms with Gasteiger partial charge in [0.2, 0.25) is 6.41 Å². The second-order valence-corrected chi connectivity index (χ2v) is 6.06. The van der Waals surface area contributed by atoms with Gasteiger partial charge < -0.3 is 15.1 Å². The molecule has 0 bridgehead atoms. The summed E-state index contributed by atoms with van der Waals surface area (Å²) in [7, 11) is 0. The van der Waals surface area contributed by atoms with Gasteiger partial charge in [-0.05, 0) is 12.5 Å². The van der Waals surface area contributed by atoms with Gasteiger partial charge in [0, 0.05) is 38.8 Å². The van der Waals surface area contributed by atoms with Crippen molar-refractivity contribution < 1.29 is 9.59 Å². The molecule has 0 saturated carbocycles. The lowest BCUT2D eigenvalue weighted by Gasteiger charge is -2.32. The summed E-state index contributed by atoms with van der Waals surface area (Å²) in [6.07, 6.45) is 2.22. The third-order valence-electron chi connectivity index (χ3n) is 4.19. The van der Waals surface area contributed by atoms with Crippen LogP contribution >= 0.6 is 0 Å². The highest BCUT2D eigenvalue weighted by Gasteiger charge is 2.22. The molecular formula is C18H21N5O2. The Kier molecular flexibility index (Phi) is 5.23. The lowest BCUT2D eigenvalue weighted by Crippen LogP contribution is -2.48. The number of aromatic nitrogens is 2. The fraction of sp³-hybridized carbons (Fsp3) is 0.333. The number of hydrogen-bond acceptors (Lipinski definition) is 5. The first-order valence-corrected chi connectivity index (χ1v) is 8.26. The van der Waals surface area contributed by atoms with Crippen molar-refractivity contribution in [2.24, 2.45) is 0 Å². The topological polar surface area (TPSA) is 78.4 Å². The summed E-state index contributed by atoms with van der Waals surface area (Å²) in [6, 6.07) is 9.88. The van der Waals surface area contributed by atoms with Gasteiger partial charge in [-0.3, -0.25) is 9.59 Å². The van der Waals surface area contributed by atoms with Crippen LogP contribution in [0.1, 0.15) is 21.6 Å². The first-order chi connectivity index (χ1) is 12.2. The first-order valence-electron chi connectivity index (χ1n) is 8.26. The molecule has 2 amide bonds. The van der Waals surface area contributed by atoms with Gasteiger partial charge in [0.1, 0.15) is 17.8 Å². The average molecular weight is 339 g/mol. The van der Waals surface area contributed by atoms with E-state index in [1.807, 2.05) is 12.1 Å². The normalized spacial score (nSPS) is 14.3. The molecule has 0 aliphatic carbocycles. The van der Waals surface area contributed by atoms with E-state index in [1.54, 1.807) is 15.9 Å². The summed E-state index contributed by atoms with van der Waals surface area (Å²) in [4.78, 5) is 35.0. The molecule has 0 radical (unpaired) electrons. The SMILES string of the molecule is Cc1cccc(CNc2cc(C(=O)N3CCN(C=O)CC3)ncn2)c1. The van der Waals surface area contributed by atoms with Crippen LogP contribution in [0.2, 0.25) is 0 Å². The van der Waals surface area contributed by atoms with Crippen molar-refractivity contribution in [3.05, 3.63) is 53.5 Å². The molecule has 1 aliphatic rings. The van der Waals surface area contributed by atoms with E-state index in [2.05, 4.69) is 34.3 Å². The number of rotatable bonds is 5. The van der Waals surface area contributed by atoms with Crippen molar-refractivity contribution in [3.8, 4) is 0 Å². The van der Waals surface area contributed by atoms with E-state index in [4.69, 9.17) is 0 Å². The minimum absolute atomic E-state index is 0.133. The third-order valence-corrected chi connectivity index (χ3v) is 4.19. The van der Waals surface area contributed by atoms with E-state index in [9.17, 15) is 9.59 Å². The van der Waals surface area contributed by atoms with Gasteiger partial charge in [-0.15, -0.1) is 0 Å². The molecule has 0 unspecified atom stereocenters. The number of nitrogens with one attached hydrogen (secondary N) is 1. The Bertz CT molecular complexity index is 757. The Morgan fingerprint density at radius 2 is 2.00 bits per heavy atom. The number of aryl methyl sites for hydroxylation is 1. The monoisotopic (exact) mass is 339 g/mol. The van der Waals surface area contributed by atoms with E-state index >= 15 is 0 Å². The number of hydrogen-bond donors (Lipinski definition) is 1. The van der Waals surface area contributed by atoms with Crippen LogP contribution in [0.15, 0.2) is 36.7 Å². The Labute approximate surface area is 146 Å². The molecule has 2 heterocycles. The van der Waals surface area contributed by atoms with Crippen molar-refractivity contribution in [2.45, 2.75) is 13.5 Å². The van der Waals surface area contributed by atoms with E-state index < -0.39 is 0 Å². The Morgan fingerprint density at radius 1 is 1.20 bits per heavy atom. The zero-order valence-electron chi connectivity index (χ0n) is 14.2. The molecule has 1 fully saturated rings. The van der Waals surface area contributed by atoms with E-state index in [-0.39, 0.29) is 5.91 Å². The van der Waals surface area contributed by atoms with Crippen molar-refractivity contribution in [1.29, 1.82) is 0 Å². The van der Waals surface area contributed by atoms with Crippen LogP contribution in [0.5, 0.6) is 0 Å². The highest BCUT2D eigenvalue weighted by Crippen LogP contribution is 2.11. The van der Waals surface area contributed by atoms with Gasteiger partial charge in [0.25, 0.3) is 5.91 Å². The van der Waals surface area contributed by atoms with E-state index in [0.717, 1.165) is 12.0 Å². The standard InChI is InChI=1S/C18H21N5O2/c1-14-3-2-4-15(9-14)11-19-17-10-16(20-12-21-17)18(25)23-7-5-22(13-24)6-8-23/h2-4,9-10,12-13H,5-8,11H2,1H3,(H,19,20,21). The lowest BCUT2D eigenvalue weighted by atomic mass is 10.1. The number of benzene rings is 1. The second kappa shape index (κ2) is 7.74. The largest absolute Gasteiger partial charge is 0.366 e. The summed E-state index contributed by atoms with van der Waals surface area (Å²) in [5.41, 5.74) is 2.71. The predicted octanol–water partition coefficient (Wildman–Crippen LogP) is 1.31. The molecule has 130 valence electrons. The number of nitrogens with zero attached hydrogens (tertiary/aromatic N) is 4. The molecule has 1 aromatic heterocycles. The fourth-order valence-electron chi connectivity index (χ4n) is 2.78. The number of anilines is 1. The molecule has 0 spiro atoms. The predicted molar refractivity (Wildman–Crippen MR) is 94.1 cm³/mol.